The number of nitrogens with one attached hydrogen (secondary N) is 1. The lowest BCUT2D eigenvalue weighted by atomic mass is 10.2. The monoisotopic (exact) mass is 423 g/mol. The maximum Gasteiger partial charge on any atom is 0.259 e. The maximum atomic E-state index is 13.1. The molecular weight excluding hydrogens is 410 g/mol. The number of carbonyl (C=O) groups is 1. The molecule has 0 saturated heterocycles. The van der Waals surface area contributed by atoms with E-state index in [9.17, 15) is 4.79 Å². The second kappa shape index (κ2) is 7.27. The Morgan fingerprint density at radius 2 is 1.90 bits per heavy atom. The van der Waals surface area contributed by atoms with E-state index >= 15 is 0 Å². The zero-order valence-electron chi connectivity index (χ0n) is 15.0. The summed E-state index contributed by atoms with van der Waals surface area (Å²) in [6.45, 7) is 0.180. The molecule has 8 heteroatoms. The van der Waals surface area contributed by atoms with Gasteiger partial charge in [-0.3, -0.25) is 4.79 Å². The van der Waals surface area contributed by atoms with Crippen molar-refractivity contribution < 1.29 is 14.3 Å². The minimum absolute atomic E-state index is 0.180. The van der Waals surface area contributed by atoms with Crippen molar-refractivity contribution in [3.05, 3.63) is 76.8 Å². The molecule has 0 radical (unpaired) electrons. The topological polar surface area (TPSA) is 65.4 Å². The van der Waals surface area contributed by atoms with Crippen molar-refractivity contribution in [2.45, 2.75) is 0 Å². The van der Waals surface area contributed by atoms with Crippen molar-refractivity contribution in [2.24, 2.45) is 0 Å². The van der Waals surface area contributed by atoms with Crippen LogP contribution in [0.1, 0.15) is 10.4 Å². The second-order valence-electron chi connectivity index (χ2n) is 6.30. The van der Waals surface area contributed by atoms with Crippen LogP contribution in [0, 0.1) is 0 Å². The Bertz CT molecular complexity index is 1200. The van der Waals surface area contributed by atoms with Gasteiger partial charge in [0.1, 0.15) is 5.69 Å². The number of nitrogens with zero attached hydrogens (tertiary/aromatic N) is 2. The lowest BCUT2D eigenvalue weighted by molar-refractivity contribution is 0.102. The number of rotatable bonds is 4. The van der Waals surface area contributed by atoms with Crippen molar-refractivity contribution in [1.29, 1.82) is 0 Å². The Kier molecular flexibility index (Phi) is 4.46. The minimum atomic E-state index is -0.273. The first-order valence-corrected chi connectivity index (χ1v) is 9.98. The van der Waals surface area contributed by atoms with E-state index in [1.54, 1.807) is 35.1 Å². The molecule has 2 aromatic carbocycles. The van der Waals surface area contributed by atoms with Crippen LogP contribution in [0.15, 0.2) is 66.9 Å². The van der Waals surface area contributed by atoms with Crippen LogP contribution in [0.4, 0.5) is 5.69 Å². The highest BCUT2D eigenvalue weighted by molar-refractivity contribution is 7.19. The van der Waals surface area contributed by atoms with Crippen LogP contribution in [-0.2, 0) is 0 Å². The number of amides is 1. The fraction of sp³-hybridized carbons (Fsp3) is 0.0476. The largest absolute Gasteiger partial charge is 0.454 e. The molecule has 1 amide bonds. The lowest BCUT2D eigenvalue weighted by Gasteiger charge is -2.06. The molecule has 144 valence electrons. The summed E-state index contributed by atoms with van der Waals surface area (Å²) in [5, 5.41) is 7.56. The molecule has 0 fully saturated rings. The Balaban J connectivity index is 1.52. The van der Waals surface area contributed by atoms with Gasteiger partial charge in [0.05, 0.1) is 20.5 Å². The molecule has 0 aliphatic carbocycles. The standard InChI is InChI=1S/C21H14ClN3O3S/c22-19-9-8-18(29-19)20-15(11-25(24-20)14-4-2-1-3-5-14)21(26)23-13-6-7-16-17(10-13)28-12-27-16/h1-11H,12H2,(H,23,26). The Morgan fingerprint density at radius 3 is 2.69 bits per heavy atom. The van der Waals surface area contributed by atoms with Gasteiger partial charge in [-0.1, -0.05) is 29.8 Å². The molecule has 4 aromatic rings. The third kappa shape index (κ3) is 3.46. The molecule has 5 rings (SSSR count). The van der Waals surface area contributed by atoms with E-state index in [0.29, 0.717) is 32.8 Å². The van der Waals surface area contributed by atoms with Crippen molar-refractivity contribution in [2.75, 3.05) is 12.1 Å². The number of hydrogen-bond acceptors (Lipinski definition) is 5. The fourth-order valence-corrected chi connectivity index (χ4v) is 4.09. The summed E-state index contributed by atoms with van der Waals surface area (Å²) in [7, 11) is 0. The first-order valence-electron chi connectivity index (χ1n) is 8.79. The van der Waals surface area contributed by atoms with Crippen molar-refractivity contribution >= 4 is 34.5 Å². The Hall–Kier alpha value is -3.29. The number of thiophene rings is 1. The van der Waals surface area contributed by atoms with Gasteiger partial charge < -0.3 is 14.8 Å². The summed E-state index contributed by atoms with van der Waals surface area (Å²) in [5.74, 6) is 0.993. The number of halogens is 1. The number of para-hydroxylation sites is 1. The normalized spacial score (nSPS) is 12.2. The van der Waals surface area contributed by atoms with E-state index in [1.807, 2.05) is 36.4 Å². The minimum Gasteiger partial charge on any atom is -0.454 e. The van der Waals surface area contributed by atoms with Gasteiger partial charge in [-0.2, -0.15) is 5.10 Å². The van der Waals surface area contributed by atoms with Gasteiger partial charge >= 0.3 is 0 Å². The predicted molar refractivity (Wildman–Crippen MR) is 112 cm³/mol. The molecule has 29 heavy (non-hydrogen) atoms. The summed E-state index contributed by atoms with van der Waals surface area (Å²) in [4.78, 5) is 13.9. The molecule has 0 spiro atoms. The molecule has 0 saturated carbocycles. The third-order valence-corrected chi connectivity index (χ3v) is 5.65. The first kappa shape index (κ1) is 17.8. The number of aromatic nitrogens is 2. The number of ether oxygens (including phenoxy) is 2. The quantitative estimate of drug-likeness (QED) is 0.487. The van der Waals surface area contributed by atoms with Gasteiger partial charge in [0, 0.05) is 18.0 Å². The molecule has 6 nitrogen and oxygen atoms in total. The number of fused-ring (bicyclic) bond motifs is 1. The van der Waals surface area contributed by atoms with Crippen LogP contribution in [0.3, 0.4) is 0 Å². The van der Waals surface area contributed by atoms with Gasteiger partial charge in [-0.15, -0.1) is 11.3 Å². The summed E-state index contributed by atoms with van der Waals surface area (Å²) in [5.41, 5.74) is 2.49. The molecule has 1 aliphatic heterocycles. The highest BCUT2D eigenvalue weighted by Crippen LogP contribution is 2.35. The van der Waals surface area contributed by atoms with Crippen molar-refractivity contribution in [3.63, 3.8) is 0 Å². The van der Waals surface area contributed by atoms with Gasteiger partial charge in [-0.05, 0) is 36.4 Å². The van der Waals surface area contributed by atoms with E-state index in [-0.39, 0.29) is 12.7 Å². The lowest BCUT2D eigenvalue weighted by Crippen LogP contribution is -2.12. The summed E-state index contributed by atoms with van der Waals surface area (Å²) in [6.07, 6.45) is 1.72. The van der Waals surface area contributed by atoms with E-state index in [1.165, 1.54) is 11.3 Å². The zero-order chi connectivity index (χ0) is 19.8. The van der Waals surface area contributed by atoms with Crippen LogP contribution in [0.2, 0.25) is 4.34 Å². The predicted octanol–water partition coefficient (Wildman–Crippen LogP) is 5.24. The smallest absolute Gasteiger partial charge is 0.259 e. The van der Waals surface area contributed by atoms with Gasteiger partial charge in [-0.25, -0.2) is 4.68 Å². The molecule has 0 atom stereocenters. The summed E-state index contributed by atoms with van der Waals surface area (Å²) < 4.78 is 13.0. The second-order valence-corrected chi connectivity index (χ2v) is 8.01. The first-order chi connectivity index (χ1) is 14.2. The SMILES string of the molecule is O=C(Nc1ccc2c(c1)OCO2)c1cn(-c2ccccc2)nc1-c1ccc(Cl)s1. The van der Waals surface area contributed by atoms with Crippen LogP contribution in [-0.4, -0.2) is 22.5 Å². The maximum absolute atomic E-state index is 13.1. The van der Waals surface area contributed by atoms with E-state index < -0.39 is 0 Å². The van der Waals surface area contributed by atoms with Gasteiger partial charge in [0.15, 0.2) is 11.5 Å². The van der Waals surface area contributed by atoms with Gasteiger partial charge in [0.25, 0.3) is 5.91 Å². The fourth-order valence-electron chi connectivity index (χ4n) is 3.05. The Labute approximate surface area is 175 Å². The molecule has 3 heterocycles. The van der Waals surface area contributed by atoms with Crippen LogP contribution in [0.5, 0.6) is 11.5 Å². The average Bonchev–Trinajstić information content (AvgIpc) is 3.47. The third-order valence-electron chi connectivity index (χ3n) is 4.42. The zero-order valence-corrected chi connectivity index (χ0v) is 16.5. The molecule has 0 unspecified atom stereocenters. The van der Waals surface area contributed by atoms with Crippen molar-refractivity contribution in [3.8, 4) is 27.8 Å². The molecule has 0 bridgehead atoms. The van der Waals surface area contributed by atoms with E-state index in [0.717, 1.165) is 10.6 Å². The highest BCUT2D eigenvalue weighted by atomic mass is 35.5. The molecule has 1 aliphatic rings. The van der Waals surface area contributed by atoms with Gasteiger partial charge in [0.2, 0.25) is 6.79 Å². The molecule has 1 N–H and O–H groups in total. The summed E-state index contributed by atoms with van der Waals surface area (Å²) in [6, 6.07) is 18.6. The van der Waals surface area contributed by atoms with Crippen molar-refractivity contribution in [1.82, 2.24) is 9.78 Å². The molecular formula is C21H14ClN3O3S. The highest BCUT2D eigenvalue weighted by Gasteiger charge is 2.21. The average molecular weight is 424 g/mol. The molecule has 2 aromatic heterocycles. The number of carbonyl (C=O) groups excluding carboxylic acids is 1. The summed E-state index contributed by atoms with van der Waals surface area (Å²) >= 11 is 7.48. The van der Waals surface area contributed by atoms with Crippen LogP contribution >= 0.6 is 22.9 Å². The number of hydrogen-bond donors (Lipinski definition) is 1. The van der Waals surface area contributed by atoms with Crippen LogP contribution < -0.4 is 14.8 Å². The number of benzene rings is 2. The van der Waals surface area contributed by atoms with E-state index in [4.69, 9.17) is 21.1 Å². The Morgan fingerprint density at radius 1 is 1.07 bits per heavy atom. The van der Waals surface area contributed by atoms with Crippen LogP contribution in [0.25, 0.3) is 16.3 Å². The number of anilines is 1. The van der Waals surface area contributed by atoms with E-state index in [2.05, 4.69) is 10.4 Å².